The lowest BCUT2D eigenvalue weighted by atomic mass is 10.1. The number of hydrogen-bond acceptors (Lipinski definition) is 5. The molecule has 7 heteroatoms. The zero-order valence-electron chi connectivity index (χ0n) is 12.9. The molecule has 2 rings (SSSR count). The lowest BCUT2D eigenvalue weighted by molar-refractivity contribution is 0.00647. The lowest BCUT2D eigenvalue weighted by Gasteiger charge is -2.19. The van der Waals surface area contributed by atoms with E-state index in [2.05, 4.69) is 10.2 Å². The number of aromatic nitrogens is 3. The molecule has 0 bridgehead atoms. The predicted molar refractivity (Wildman–Crippen MR) is 77.1 cm³/mol. The number of aliphatic hydroxyl groups excluding tert-OH is 1. The molecule has 0 radical (unpaired) electrons. The van der Waals surface area contributed by atoms with Gasteiger partial charge in [-0.25, -0.2) is 9.18 Å². The summed E-state index contributed by atoms with van der Waals surface area (Å²) < 4.78 is 19.2. The standard InChI is InChI=1S/C15H18FN3O3/c1-9(20)13-8-17-19(18-13)10-5-6-11(12(16)7-10)14(21)22-15(2,3)4/h5-9,20H,1-4H3. The summed E-state index contributed by atoms with van der Waals surface area (Å²) in [5, 5.41) is 17.4. The molecule has 22 heavy (non-hydrogen) atoms. The first-order valence-electron chi connectivity index (χ1n) is 6.81. The van der Waals surface area contributed by atoms with Crippen LogP contribution in [0.2, 0.25) is 0 Å². The van der Waals surface area contributed by atoms with Crippen molar-refractivity contribution in [3.8, 4) is 5.69 Å². The van der Waals surface area contributed by atoms with Gasteiger partial charge in [0.05, 0.1) is 23.6 Å². The highest BCUT2D eigenvalue weighted by Gasteiger charge is 2.21. The van der Waals surface area contributed by atoms with Crippen molar-refractivity contribution in [3.05, 3.63) is 41.5 Å². The molecule has 1 unspecified atom stereocenters. The van der Waals surface area contributed by atoms with E-state index in [1.807, 2.05) is 0 Å². The number of ether oxygens (including phenoxy) is 1. The summed E-state index contributed by atoms with van der Waals surface area (Å²) in [6, 6.07) is 3.98. The molecule has 0 aliphatic rings. The smallest absolute Gasteiger partial charge is 0.341 e. The minimum Gasteiger partial charge on any atom is -0.456 e. The summed E-state index contributed by atoms with van der Waals surface area (Å²) in [5.41, 5.74) is -0.132. The summed E-state index contributed by atoms with van der Waals surface area (Å²) in [5.74, 6) is -1.45. The van der Waals surface area contributed by atoms with Gasteiger partial charge in [0.15, 0.2) is 0 Å². The summed E-state index contributed by atoms with van der Waals surface area (Å²) in [6.45, 7) is 6.69. The van der Waals surface area contributed by atoms with Gasteiger partial charge in [0.25, 0.3) is 0 Å². The van der Waals surface area contributed by atoms with Gasteiger partial charge in [-0.15, -0.1) is 0 Å². The minimum atomic E-state index is -0.764. The van der Waals surface area contributed by atoms with Crippen molar-refractivity contribution in [2.24, 2.45) is 0 Å². The van der Waals surface area contributed by atoms with E-state index in [-0.39, 0.29) is 5.56 Å². The summed E-state index contributed by atoms with van der Waals surface area (Å²) in [6.07, 6.45) is 0.629. The van der Waals surface area contributed by atoms with Crippen LogP contribution in [-0.2, 0) is 4.74 Å². The Labute approximate surface area is 127 Å². The molecule has 1 aromatic carbocycles. The number of rotatable bonds is 3. The Morgan fingerprint density at radius 1 is 1.41 bits per heavy atom. The normalized spacial score (nSPS) is 13.0. The maximum Gasteiger partial charge on any atom is 0.341 e. The average molecular weight is 307 g/mol. The fourth-order valence-corrected chi connectivity index (χ4v) is 1.72. The third kappa shape index (κ3) is 3.67. The molecule has 1 atom stereocenters. The molecule has 0 fully saturated rings. The van der Waals surface area contributed by atoms with Gasteiger partial charge in [-0.2, -0.15) is 15.0 Å². The van der Waals surface area contributed by atoms with Crippen molar-refractivity contribution in [2.75, 3.05) is 0 Å². The van der Waals surface area contributed by atoms with Crippen molar-refractivity contribution >= 4 is 5.97 Å². The van der Waals surface area contributed by atoms with Crippen molar-refractivity contribution in [3.63, 3.8) is 0 Å². The van der Waals surface area contributed by atoms with E-state index in [1.165, 1.54) is 23.1 Å². The number of hydrogen-bond donors (Lipinski definition) is 1. The minimum absolute atomic E-state index is 0.151. The molecule has 0 saturated heterocycles. The van der Waals surface area contributed by atoms with Crippen molar-refractivity contribution in [1.29, 1.82) is 0 Å². The van der Waals surface area contributed by atoms with Gasteiger partial charge in [0.2, 0.25) is 0 Å². The molecule has 0 aliphatic carbocycles. The second-order valence-electron chi connectivity index (χ2n) is 5.90. The van der Waals surface area contributed by atoms with Crippen molar-refractivity contribution in [1.82, 2.24) is 15.0 Å². The zero-order chi connectivity index (χ0) is 16.5. The van der Waals surface area contributed by atoms with E-state index in [0.717, 1.165) is 6.07 Å². The van der Waals surface area contributed by atoms with E-state index < -0.39 is 23.5 Å². The third-order valence-corrected chi connectivity index (χ3v) is 2.74. The molecule has 6 nitrogen and oxygen atoms in total. The quantitative estimate of drug-likeness (QED) is 0.881. The van der Waals surface area contributed by atoms with Crippen LogP contribution in [0.4, 0.5) is 4.39 Å². The van der Waals surface area contributed by atoms with Crippen LogP contribution in [-0.4, -0.2) is 31.7 Å². The van der Waals surface area contributed by atoms with Crippen LogP contribution in [0.5, 0.6) is 0 Å². The lowest BCUT2D eigenvalue weighted by Crippen LogP contribution is -2.24. The number of aliphatic hydroxyl groups is 1. The van der Waals surface area contributed by atoms with Crippen LogP contribution >= 0.6 is 0 Å². The van der Waals surface area contributed by atoms with Crippen LogP contribution in [0.25, 0.3) is 5.69 Å². The van der Waals surface area contributed by atoms with Gasteiger partial charge in [-0.1, -0.05) is 0 Å². The first kappa shape index (κ1) is 16.1. The van der Waals surface area contributed by atoms with Gasteiger partial charge >= 0.3 is 5.97 Å². The molecule has 1 aromatic heterocycles. The molecule has 0 aliphatic heterocycles. The molecule has 118 valence electrons. The molecule has 1 heterocycles. The monoisotopic (exact) mass is 307 g/mol. The number of carbonyl (C=O) groups is 1. The fraction of sp³-hybridized carbons (Fsp3) is 0.400. The predicted octanol–water partition coefficient (Wildman–Crippen LogP) is 2.42. The molecule has 0 amide bonds. The van der Waals surface area contributed by atoms with Crippen molar-refractivity contribution in [2.45, 2.75) is 39.4 Å². The summed E-state index contributed by atoms with van der Waals surface area (Å²) in [7, 11) is 0. The van der Waals surface area contributed by atoms with E-state index in [1.54, 1.807) is 27.7 Å². The fourth-order valence-electron chi connectivity index (χ4n) is 1.72. The van der Waals surface area contributed by atoms with Crippen LogP contribution < -0.4 is 0 Å². The van der Waals surface area contributed by atoms with Gasteiger partial charge < -0.3 is 9.84 Å². The van der Waals surface area contributed by atoms with Crippen LogP contribution in [0, 0.1) is 5.82 Å². The molecular weight excluding hydrogens is 289 g/mol. The zero-order valence-corrected chi connectivity index (χ0v) is 12.9. The SMILES string of the molecule is CC(O)c1cnn(-c2ccc(C(=O)OC(C)(C)C)c(F)c2)n1. The Balaban J connectivity index is 2.27. The Morgan fingerprint density at radius 3 is 2.59 bits per heavy atom. The first-order chi connectivity index (χ1) is 10.2. The average Bonchev–Trinajstić information content (AvgIpc) is 2.85. The Hall–Kier alpha value is -2.28. The van der Waals surface area contributed by atoms with E-state index >= 15 is 0 Å². The number of carbonyl (C=O) groups excluding carboxylic acids is 1. The van der Waals surface area contributed by atoms with Gasteiger partial charge in [0, 0.05) is 6.07 Å². The van der Waals surface area contributed by atoms with Crippen molar-refractivity contribution < 1.29 is 19.0 Å². The Kier molecular flexibility index (Phi) is 4.27. The Morgan fingerprint density at radius 2 is 2.09 bits per heavy atom. The highest BCUT2D eigenvalue weighted by molar-refractivity contribution is 5.90. The van der Waals surface area contributed by atoms with Gasteiger partial charge in [0.1, 0.15) is 17.1 Å². The number of nitrogens with zero attached hydrogens (tertiary/aromatic N) is 3. The second kappa shape index (κ2) is 5.84. The van der Waals surface area contributed by atoms with Gasteiger partial charge in [-0.05, 0) is 39.8 Å². The summed E-state index contributed by atoms with van der Waals surface area (Å²) in [4.78, 5) is 13.1. The maximum atomic E-state index is 14.1. The van der Waals surface area contributed by atoms with E-state index in [9.17, 15) is 14.3 Å². The highest BCUT2D eigenvalue weighted by atomic mass is 19.1. The molecular formula is C15H18FN3O3. The topological polar surface area (TPSA) is 77.2 Å². The van der Waals surface area contributed by atoms with Gasteiger partial charge in [-0.3, -0.25) is 0 Å². The second-order valence-corrected chi connectivity index (χ2v) is 5.90. The number of benzene rings is 1. The third-order valence-electron chi connectivity index (χ3n) is 2.74. The van der Waals surface area contributed by atoms with Crippen LogP contribution in [0.3, 0.4) is 0 Å². The molecule has 2 aromatic rings. The summed E-state index contributed by atoms with van der Waals surface area (Å²) >= 11 is 0. The highest BCUT2D eigenvalue weighted by Crippen LogP contribution is 2.18. The first-order valence-corrected chi connectivity index (χ1v) is 6.81. The van der Waals surface area contributed by atoms with Crippen LogP contribution in [0.1, 0.15) is 49.9 Å². The Bertz CT molecular complexity index is 690. The maximum absolute atomic E-state index is 14.1. The number of halogens is 1. The molecule has 0 saturated carbocycles. The van der Waals surface area contributed by atoms with E-state index in [0.29, 0.717) is 11.4 Å². The van der Waals surface area contributed by atoms with E-state index in [4.69, 9.17) is 4.74 Å². The molecule has 1 N–H and O–H groups in total. The van der Waals surface area contributed by atoms with Crippen LogP contribution in [0.15, 0.2) is 24.4 Å². The largest absolute Gasteiger partial charge is 0.456 e. The number of esters is 1. The molecule has 0 spiro atoms.